The molecule has 0 aromatic heterocycles. The van der Waals surface area contributed by atoms with Crippen LogP contribution in [0, 0.1) is 5.92 Å². The van der Waals surface area contributed by atoms with Crippen molar-refractivity contribution in [3.8, 4) is 0 Å². The van der Waals surface area contributed by atoms with Crippen LogP contribution in [0.3, 0.4) is 0 Å². The van der Waals surface area contributed by atoms with Gasteiger partial charge in [0.2, 0.25) is 5.91 Å². The Morgan fingerprint density at radius 1 is 1.26 bits per heavy atom. The molecule has 0 N–H and O–H groups in total. The van der Waals surface area contributed by atoms with E-state index in [4.69, 9.17) is 0 Å². The standard InChI is InChI=1S/C16H24N2O/c1-13(2)11-16(19)18-10-9-17(3)15(12-18)14-7-5-4-6-8-14/h4-8,13,15H,9-12H2,1-3H3. The average Bonchev–Trinajstić information content (AvgIpc) is 2.39. The number of hydrogen-bond acceptors (Lipinski definition) is 2. The lowest BCUT2D eigenvalue weighted by Gasteiger charge is -2.40. The third-order valence-corrected chi connectivity index (χ3v) is 3.77. The second-order valence-corrected chi connectivity index (χ2v) is 5.84. The number of amides is 1. The summed E-state index contributed by atoms with van der Waals surface area (Å²) in [7, 11) is 2.14. The summed E-state index contributed by atoms with van der Waals surface area (Å²) in [5.41, 5.74) is 1.30. The molecule has 1 heterocycles. The molecule has 0 bridgehead atoms. The van der Waals surface area contributed by atoms with Gasteiger partial charge in [-0.2, -0.15) is 0 Å². The van der Waals surface area contributed by atoms with Gasteiger partial charge in [-0.25, -0.2) is 0 Å². The summed E-state index contributed by atoms with van der Waals surface area (Å²) in [6.07, 6.45) is 0.658. The molecule has 3 nitrogen and oxygen atoms in total. The van der Waals surface area contributed by atoms with E-state index in [2.05, 4.69) is 50.1 Å². The summed E-state index contributed by atoms with van der Waals surface area (Å²) < 4.78 is 0. The molecule has 19 heavy (non-hydrogen) atoms. The van der Waals surface area contributed by atoms with Crippen molar-refractivity contribution >= 4 is 5.91 Å². The quantitative estimate of drug-likeness (QED) is 0.834. The van der Waals surface area contributed by atoms with E-state index in [9.17, 15) is 4.79 Å². The van der Waals surface area contributed by atoms with Crippen LogP contribution in [-0.2, 0) is 4.79 Å². The lowest BCUT2D eigenvalue weighted by molar-refractivity contribution is -0.134. The normalized spacial score (nSPS) is 20.8. The van der Waals surface area contributed by atoms with E-state index < -0.39 is 0 Å². The number of nitrogens with zero attached hydrogens (tertiary/aromatic N) is 2. The van der Waals surface area contributed by atoms with Crippen molar-refractivity contribution in [2.24, 2.45) is 5.92 Å². The van der Waals surface area contributed by atoms with Gasteiger partial charge >= 0.3 is 0 Å². The molecule has 1 aromatic rings. The van der Waals surface area contributed by atoms with Gasteiger partial charge in [0.25, 0.3) is 0 Å². The summed E-state index contributed by atoms with van der Waals surface area (Å²) in [5.74, 6) is 0.728. The van der Waals surface area contributed by atoms with Gasteiger partial charge in [0.1, 0.15) is 0 Å². The van der Waals surface area contributed by atoms with Crippen LogP contribution in [0.1, 0.15) is 31.9 Å². The largest absolute Gasteiger partial charge is 0.339 e. The highest BCUT2D eigenvalue weighted by Crippen LogP contribution is 2.24. The maximum absolute atomic E-state index is 12.2. The topological polar surface area (TPSA) is 23.6 Å². The third-order valence-electron chi connectivity index (χ3n) is 3.77. The van der Waals surface area contributed by atoms with Crippen molar-refractivity contribution in [3.05, 3.63) is 35.9 Å². The van der Waals surface area contributed by atoms with Crippen LogP contribution >= 0.6 is 0 Å². The predicted octanol–water partition coefficient (Wildman–Crippen LogP) is 2.55. The molecule has 1 atom stereocenters. The van der Waals surface area contributed by atoms with E-state index in [1.807, 2.05) is 11.0 Å². The van der Waals surface area contributed by atoms with Gasteiger partial charge in [-0.05, 0) is 18.5 Å². The zero-order chi connectivity index (χ0) is 13.8. The molecule has 1 aromatic carbocycles. The Balaban J connectivity index is 2.06. The molecule has 1 amide bonds. The molecule has 3 heteroatoms. The highest BCUT2D eigenvalue weighted by molar-refractivity contribution is 5.76. The maximum atomic E-state index is 12.2. The van der Waals surface area contributed by atoms with Crippen molar-refractivity contribution < 1.29 is 4.79 Å². The molecule has 104 valence electrons. The van der Waals surface area contributed by atoms with Crippen molar-refractivity contribution in [2.45, 2.75) is 26.3 Å². The second-order valence-electron chi connectivity index (χ2n) is 5.84. The molecule has 1 fully saturated rings. The summed E-state index contributed by atoms with van der Waals surface area (Å²) in [6.45, 7) is 6.81. The van der Waals surface area contributed by atoms with E-state index in [1.165, 1.54) is 5.56 Å². The molecule has 1 aliphatic rings. The smallest absolute Gasteiger partial charge is 0.222 e. The van der Waals surface area contributed by atoms with E-state index in [0.717, 1.165) is 19.6 Å². The predicted molar refractivity (Wildman–Crippen MR) is 77.8 cm³/mol. The fourth-order valence-electron chi connectivity index (χ4n) is 2.61. The molecule has 0 aliphatic carbocycles. The van der Waals surface area contributed by atoms with Crippen LogP contribution in [0.25, 0.3) is 0 Å². The van der Waals surface area contributed by atoms with Crippen molar-refractivity contribution in [1.82, 2.24) is 9.80 Å². The molecule has 0 saturated carbocycles. The van der Waals surface area contributed by atoms with E-state index >= 15 is 0 Å². The molecule has 1 aliphatic heterocycles. The number of likely N-dealkylation sites (N-methyl/N-ethyl adjacent to an activating group) is 1. The SMILES string of the molecule is CC(C)CC(=O)N1CCN(C)C(c2ccccc2)C1. The van der Waals surface area contributed by atoms with Crippen LogP contribution in [0.2, 0.25) is 0 Å². The van der Waals surface area contributed by atoms with Crippen LogP contribution < -0.4 is 0 Å². The van der Waals surface area contributed by atoms with Gasteiger partial charge in [0.15, 0.2) is 0 Å². The Labute approximate surface area is 116 Å². The van der Waals surface area contributed by atoms with E-state index in [1.54, 1.807) is 0 Å². The van der Waals surface area contributed by atoms with Gasteiger partial charge in [-0.3, -0.25) is 9.69 Å². The fourth-order valence-corrected chi connectivity index (χ4v) is 2.61. The first kappa shape index (κ1) is 14.1. The summed E-state index contributed by atoms with van der Waals surface area (Å²) in [5, 5.41) is 0. The van der Waals surface area contributed by atoms with E-state index in [-0.39, 0.29) is 0 Å². The Bertz CT molecular complexity index is 416. The Hall–Kier alpha value is -1.35. The summed E-state index contributed by atoms with van der Waals surface area (Å²) in [6, 6.07) is 10.8. The van der Waals surface area contributed by atoms with Gasteiger partial charge < -0.3 is 4.90 Å². The zero-order valence-electron chi connectivity index (χ0n) is 12.2. The third kappa shape index (κ3) is 3.57. The minimum Gasteiger partial charge on any atom is -0.339 e. The fraction of sp³-hybridized carbons (Fsp3) is 0.562. The van der Waals surface area contributed by atoms with Crippen molar-refractivity contribution in [1.29, 1.82) is 0 Å². The Morgan fingerprint density at radius 3 is 2.58 bits per heavy atom. The van der Waals surface area contributed by atoms with Gasteiger partial charge in [0, 0.05) is 26.1 Å². The molecule has 1 saturated heterocycles. The first-order chi connectivity index (χ1) is 9.08. The number of benzene rings is 1. The molecular weight excluding hydrogens is 236 g/mol. The van der Waals surface area contributed by atoms with Crippen LogP contribution in [0.5, 0.6) is 0 Å². The lowest BCUT2D eigenvalue weighted by Crippen LogP contribution is -2.49. The van der Waals surface area contributed by atoms with Crippen molar-refractivity contribution in [2.75, 3.05) is 26.7 Å². The second kappa shape index (κ2) is 6.20. The Morgan fingerprint density at radius 2 is 1.95 bits per heavy atom. The highest BCUT2D eigenvalue weighted by atomic mass is 16.2. The summed E-state index contributed by atoms with van der Waals surface area (Å²) >= 11 is 0. The number of piperazine rings is 1. The first-order valence-electron chi connectivity index (χ1n) is 7.11. The molecule has 0 spiro atoms. The molecule has 0 radical (unpaired) electrons. The van der Waals surface area contributed by atoms with E-state index in [0.29, 0.717) is 24.3 Å². The van der Waals surface area contributed by atoms with Gasteiger partial charge in [-0.1, -0.05) is 44.2 Å². The molecule has 1 unspecified atom stereocenters. The van der Waals surface area contributed by atoms with Crippen molar-refractivity contribution in [3.63, 3.8) is 0 Å². The average molecular weight is 260 g/mol. The van der Waals surface area contributed by atoms with Crippen LogP contribution in [0.4, 0.5) is 0 Å². The first-order valence-corrected chi connectivity index (χ1v) is 7.11. The van der Waals surface area contributed by atoms with Gasteiger partial charge in [-0.15, -0.1) is 0 Å². The Kier molecular flexibility index (Phi) is 4.59. The van der Waals surface area contributed by atoms with Gasteiger partial charge in [0.05, 0.1) is 6.04 Å². The molecule has 2 rings (SSSR count). The number of hydrogen-bond donors (Lipinski definition) is 0. The number of rotatable bonds is 3. The maximum Gasteiger partial charge on any atom is 0.222 e. The number of carbonyl (C=O) groups excluding carboxylic acids is 1. The molecular formula is C16H24N2O. The monoisotopic (exact) mass is 260 g/mol. The minimum atomic E-state index is 0.295. The van der Waals surface area contributed by atoms with Crippen LogP contribution in [0.15, 0.2) is 30.3 Å². The lowest BCUT2D eigenvalue weighted by atomic mass is 10.0. The highest BCUT2D eigenvalue weighted by Gasteiger charge is 2.28. The van der Waals surface area contributed by atoms with Crippen LogP contribution in [-0.4, -0.2) is 42.4 Å². The minimum absolute atomic E-state index is 0.295. The zero-order valence-corrected chi connectivity index (χ0v) is 12.2. The summed E-state index contributed by atoms with van der Waals surface area (Å²) in [4.78, 5) is 16.6. The number of carbonyl (C=O) groups is 1.